The van der Waals surface area contributed by atoms with Crippen LogP contribution in [0.4, 0.5) is 4.79 Å². The second kappa shape index (κ2) is 7.46. The molecule has 0 heterocycles. The minimum atomic E-state index is -0.533. The van der Waals surface area contributed by atoms with Crippen molar-refractivity contribution in [2.75, 3.05) is 6.61 Å². The first-order valence-corrected chi connectivity index (χ1v) is 5.45. The number of alkyl carbamates (subject to hydrolysis) is 1. The van der Waals surface area contributed by atoms with E-state index in [2.05, 4.69) is 11.9 Å². The largest absolute Gasteiger partial charge is 0.445 e. The molecular formula is C13H17NO3. The standard InChI is InChI=1S/C13H17NO3/c1-2-6-12(9-15)14-13(16)17-10-11-7-4-3-5-8-11/h2-5,7-8,12,15H,1,6,9-10H2,(H,14,16)/t12-/m1/s1. The lowest BCUT2D eigenvalue weighted by atomic mass is 10.2. The lowest BCUT2D eigenvalue weighted by Gasteiger charge is -2.14. The van der Waals surface area contributed by atoms with Crippen molar-refractivity contribution in [2.45, 2.75) is 19.1 Å². The number of hydrogen-bond acceptors (Lipinski definition) is 3. The number of aliphatic hydroxyl groups is 1. The first-order chi connectivity index (χ1) is 8.26. The van der Waals surface area contributed by atoms with Crippen LogP contribution in [0.2, 0.25) is 0 Å². The highest BCUT2D eigenvalue weighted by Crippen LogP contribution is 2.01. The van der Waals surface area contributed by atoms with Gasteiger partial charge in [0.2, 0.25) is 0 Å². The molecule has 1 amide bonds. The zero-order valence-corrected chi connectivity index (χ0v) is 9.63. The molecule has 0 unspecified atom stereocenters. The molecule has 1 rings (SSSR count). The molecule has 0 aliphatic rings. The molecule has 0 saturated carbocycles. The Balaban J connectivity index is 2.32. The van der Waals surface area contributed by atoms with Crippen LogP contribution >= 0.6 is 0 Å². The van der Waals surface area contributed by atoms with E-state index in [1.165, 1.54) is 0 Å². The number of benzene rings is 1. The summed E-state index contributed by atoms with van der Waals surface area (Å²) in [6, 6.07) is 9.07. The van der Waals surface area contributed by atoms with Gasteiger partial charge in [-0.3, -0.25) is 0 Å². The summed E-state index contributed by atoms with van der Waals surface area (Å²) in [6.07, 6.45) is 1.62. The molecule has 4 nitrogen and oxygen atoms in total. The van der Waals surface area contributed by atoms with Gasteiger partial charge in [-0.15, -0.1) is 6.58 Å². The average molecular weight is 235 g/mol. The van der Waals surface area contributed by atoms with Gasteiger partial charge in [0.25, 0.3) is 0 Å². The van der Waals surface area contributed by atoms with Crippen molar-refractivity contribution in [1.82, 2.24) is 5.32 Å². The van der Waals surface area contributed by atoms with Gasteiger partial charge < -0.3 is 15.2 Å². The van der Waals surface area contributed by atoms with Crippen LogP contribution in [0.5, 0.6) is 0 Å². The van der Waals surface area contributed by atoms with Crippen LogP contribution in [0.15, 0.2) is 43.0 Å². The van der Waals surface area contributed by atoms with Crippen LogP contribution in [-0.2, 0) is 11.3 Å². The molecule has 0 bridgehead atoms. The van der Waals surface area contributed by atoms with Gasteiger partial charge in [0.05, 0.1) is 12.6 Å². The second-order valence-corrected chi connectivity index (χ2v) is 3.61. The van der Waals surface area contributed by atoms with Gasteiger partial charge in [-0.25, -0.2) is 4.79 Å². The Kier molecular flexibility index (Phi) is 5.82. The van der Waals surface area contributed by atoms with Crippen LogP contribution < -0.4 is 5.32 Å². The van der Waals surface area contributed by atoms with E-state index in [1.54, 1.807) is 6.08 Å². The van der Waals surface area contributed by atoms with E-state index in [0.29, 0.717) is 6.42 Å². The summed E-state index contributed by atoms with van der Waals surface area (Å²) >= 11 is 0. The summed E-state index contributed by atoms with van der Waals surface area (Å²) in [4.78, 5) is 11.4. The summed E-state index contributed by atoms with van der Waals surface area (Å²) in [7, 11) is 0. The van der Waals surface area contributed by atoms with Crippen molar-refractivity contribution in [2.24, 2.45) is 0 Å². The third kappa shape index (κ3) is 5.17. The Hall–Kier alpha value is -1.81. The molecule has 2 N–H and O–H groups in total. The Labute approximate surface area is 101 Å². The highest BCUT2D eigenvalue weighted by Gasteiger charge is 2.10. The van der Waals surface area contributed by atoms with Crippen molar-refractivity contribution in [1.29, 1.82) is 0 Å². The zero-order chi connectivity index (χ0) is 12.5. The van der Waals surface area contributed by atoms with Gasteiger partial charge in [-0.1, -0.05) is 36.4 Å². The van der Waals surface area contributed by atoms with Crippen LogP contribution in [0, 0.1) is 0 Å². The topological polar surface area (TPSA) is 58.6 Å². The van der Waals surface area contributed by atoms with E-state index in [9.17, 15) is 4.79 Å². The number of carbonyl (C=O) groups excluding carboxylic acids is 1. The Morgan fingerprint density at radius 2 is 2.18 bits per heavy atom. The number of nitrogens with one attached hydrogen (secondary N) is 1. The van der Waals surface area contributed by atoms with Gasteiger partial charge in [0, 0.05) is 0 Å². The van der Waals surface area contributed by atoms with Crippen LogP contribution in [-0.4, -0.2) is 23.8 Å². The molecule has 4 heteroatoms. The van der Waals surface area contributed by atoms with Crippen molar-refractivity contribution < 1.29 is 14.6 Å². The quantitative estimate of drug-likeness (QED) is 0.740. The molecule has 1 atom stereocenters. The summed E-state index contributed by atoms with van der Waals surface area (Å²) < 4.78 is 5.01. The lowest BCUT2D eigenvalue weighted by Crippen LogP contribution is -2.37. The number of carbonyl (C=O) groups is 1. The van der Waals surface area contributed by atoms with Gasteiger partial charge >= 0.3 is 6.09 Å². The average Bonchev–Trinajstić information content (AvgIpc) is 2.37. The SMILES string of the molecule is C=CC[C@H](CO)NC(=O)OCc1ccccc1. The van der Waals surface area contributed by atoms with E-state index >= 15 is 0 Å². The molecule has 0 spiro atoms. The van der Waals surface area contributed by atoms with Gasteiger partial charge in [0.1, 0.15) is 6.61 Å². The maximum atomic E-state index is 11.4. The van der Waals surface area contributed by atoms with Gasteiger partial charge in [0.15, 0.2) is 0 Å². The van der Waals surface area contributed by atoms with Gasteiger partial charge in [-0.05, 0) is 12.0 Å². The molecule has 0 aromatic heterocycles. The number of aliphatic hydroxyl groups excluding tert-OH is 1. The molecule has 1 aromatic rings. The third-order valence-corrected chi connectivity index (χ3v) is 2.21. The van der Waals surface area contributed by atoms with E-state index in [1.807, 2.05) is 30.3 Å². The highest BCUT2D eigenvalue weighted by atomic mass is 16.5. The van der Waals surface area contributed by atoms with Crippen LogP contribution in [0.3, 0.4) is 0 Å². The number of amides is 1. The minimum absolute atomic E-state index is 0.132. The fraction of sp³-hybridized carbons (Fsp3) is 0.308. The highest BCUT2D eigenvalue weighted by molar-refractivity contribution is 5.67. The molecule has 0 radical (unpaired) electrons. The fourth-order valence-corrected chi connectivity index (χ4v) is 1.31. The Morgan fingerprint density at radius 1 is 1.47 bits per heavy atom. The normalized spacial score (nSPS) is 11.6. The predicted molar refractivity (Wildman–Crippen MR) is 65.5 cm³/mol. The number of hydrogen-bond donors (Lipinski definition) is 2. The smallest absolute Gasteiger partial charge is 0.407 e. The van der Waals surface area contributed by atoms with E-state index in [-0.39, 0.29) is 19.3 Å². The number of ether oxygens (including phenoxy) is 1. The van der Waals surface area contributed by atoms with E-state index < -0.39 is 6.09 Å². The van der Waals surface area contributed by atoms with Crippen molar-refractivity contribution >= 4 is 6.09 Å². The third-order valence-electron chi connectivity index (χ3n) is 2.21. The predicted octanol–water partition coefficient (Wildman–Crippen LogP) is 1.85. The fourth-order valence-electron chi connectivity index (χ4n) is 1.31. The first kappa shape index (κ1) is 13.3. The Morgan fingerprint density at radius 3 is 2.76 bits per heavy atom. The Bertz CT molecular complexity index is 351. The van der Waals surface area contributed by atoms with Crippen molar-refractivity contribution in [3.63, 3.8) is 0 Å². The zero-order valence-electron chi connectivity index (χ0n) is 9.63. The molecule has 0 aliphatic carbocycles. The summed E-state index contributed by atoms with van der Waals surface area (Å²) in [5, 5.41) is 11.5. The van der Waals surface area contributed by atoms with Crippen molar-refractivity contribution in [3.05, 3.63) is 48.6 Å². The summed E-state index contributed by atoms with van der Waals surface area (Å²) in [6.45, 7) is 3.63. The monoisotopic (exact) mass is 235 g/mol. The molecule has 0 saturated heterocycles. The molecule has 0 fully saturated rings. The molecule has 92 valence electrons. The number of rotatable bonds is 6. The second-order valence-electron chi connectivity index (χ2n) is 3.61. The maximum Gasteiger partial charge on any atom is 0.407 e. The first-order valence-electron chi connectivity index (χ1n) is 5.45. The molecule has 1 aromatic carbocycles. The lowest BCUT2D eigenvalue weighted by molar-refractivity contribution is 0.129. The van der Waals surface area contributed by atoms with Crippen molar-refractivity contribution in [3.8, 4) is 0 Å². The van der Waals surface area contributed by atoms with E-state index in [4.69, 9.17) is 9.84 Å². The van der Waals surface area contributed by atoms with E-state index in [0.717, 1.165) is 5.56 Å². The summed E-state index contributed by atoms with van der Waals surface area (Å²) in [5.41, 5.74) is 0.923. The maximum absolute atomic E-state index is 11.4. The van der Waals surface area contributed by atoms with Gasteiger partial charge in [-0.2, -0.15) is 0 Å². The van der Waals surface area contributed by atoms with Crippen LogP contribution in [0.25, 0.3) is 0 Å². The molecular weight excluding hydrogens is 218 g/mol. The van der Waals surface area contributed by atoms with Crippen LogP contribution in [0.1, 0.15) is 12.0 Å². The summed E-state index contributed by atoms with van der Waals surface area (Å²) in [5.74, 6) is 0. The minimum Gasteiger partial charge on any atom is -0.445 e. The molecule has 17 heavy (non-hydrogen) atoms. The molecule has 0 aliphatic heterocycles.